The quantitative estimate of drug-likeness (QED) is 0.422. The molecular formula is C27H26F3N3O3. The van der Waals surface area contributed by atoms with Gasteiger partial charge in [-0.25, -0.2) is 0 Å². The Kier molecular flexibility index (Phi) is 7.77. The van der Waals surface area contributed by atoms with Gasteiger partial charge in [0.05, 0.1) is 16.9 Å². The van der Waals surface area contributed by atoms with Gasteiger partial charge in [0.15, 0.2) is 6.61 Å². The van der Waals surface area contributed by atoms with Crippen LogP contribution >= 0.6 is 0 Å². The van der Waals surface area contributed by atoms with Crippen molar-refractivity contribution in [3.63, 3.8) is 0 Å². The summed E-state index contributed by atoms with van der Waals surface area (Å²) in [5.41, 5.74) is 0.799. The van der Waals surface area contributed by atoms with Crippen molar-refractivity contribution in [2.45, 2.75) is 25.4 Å². The Hall–Kier alpha value is -4.01. The van der Waals surface area contributed by atoms with E-state index in [1.54, 1.807) is 48.5 Å². The van der Waals surface area contributed by atoms with Crippen molar-refractivity contribution in [1.29, 1.82) is 0 Å². The Bertz CT molecular complexity index is 1210. The molecule has 0 radical (unpaired) electrons. The molecule has 0 saturated carbocycles. The average Bonchev–Trinajstić information content (AvgIpc) is 2.88. The molecular weight excluding hydrogens is 471 g/mol. The van der Waals surface area contributed by atoms with E-state index < -0.39 is 24.3 Å². The number of hydrogen-bond acceptors (Lipinski definition) is 4. The largest absolute Gasteiger partial charge is 0.484 e. The number of carbonyl (C=O) groups excluding carboxylic acids is 2. The molecule has 3 aromatic carbocycles. The molecule has 6 nitrogen and oxygen atoms in total. The van der Waals surface area contributed by atoms with Crippen molar-refractivity contribution < 1.29 is 27.5 Å². The zero-order valence-electron chi connectivity index (χ0n) is 19.5. The number of halogens is 3. The number of alkyl halides is 3. The second-order valence-corrected chi connectivity index (χ2v) is 8.46. The number of anilines is 3. The topological polar surface area (TPSA) is 70.7 Å². The first kappa shape index (κ1) is 25.1. The van der Waals surface area contributed by atoms with Crippen LogP contribution in [0.2, 0.25) is 0 Å². The lowest BCUT2D eigenvalue weighted by atomic mass is 10.1. The molecule has 0 aliphatic carbocycles. The van der Waals surface area contributed by atoms with Crippen molar-refractivity contribution in [2.24, 2.45) is 0 Å². The number of ether oxygens (including phenoxy) is 1. The standard InChI is InChI=1S/C27H26F3N3O3/c28-27(29,30)20-12-13-24(33-14-5-2-6-15-33)23(16-20)32-25(34)18-36-22-11-7-10-21(17-22)31-26(35)19-8-3-1-4-9-19/h1,3-4,7-13,16-17H,2,5-6,14-15,18H2,(H,31,35)(H,32,34). The van der Waals surface area contributed by atoms with E-state index in [2.05, 4.69) is 10.6 Å². The predicted octanol–water partition coefficient (Wildman–Crippen LogP) is 5.97. The van der Waals surface area contributed by atoms with E-state index in [9.17, 15) is 22.8 Å². The Morgan fingerprint density at radius 1 is 0.861 bits per heavy atom. The van der Waals surface area contributed by atoms with E-state index in [0.29, 0.717) is 35.8 Å². The van der Waals surface area contributed by atoms with Crippen molar-refractivity contribution in [2.75, 3.05) is 35.2 Å². The summed E-state index contributed by atoms with van der Waals surface area (Å²) in [4.78, 5) is 27.0. The zero-order chi connectivity index (χ0) is 25.5. The molecule has 1 saturated heterocycles. The number of amides is 2. The van der Waals surface area contributed by atoms with Crippen molar-refractivity contribution in [1.82, 2.24) is 0 Å². The third-order valence-electron chi connectivity index (χ3n) is 5.79. The number of rotatable bonds is 7. The van der Waals surface area contributed by atoms with Gasteiger partial charge < -0.3 is 20.3 Å². The van der Waals surface area contributed by atoms with Gasteiger partial charge >= 0.3 is 6.18 Å². The molecule has 3 aromatic rings. The highest BCUT2D eigenvalue weighted by Crippen LogP contribution is 2.36. The number of carbonyl (C=O) groups is 2. The van der Waals surface area contributed by atoms with Gasteiger partial charge in [-0.15, -0.1) is 0 Å². The summed E-state index contributed by atoms with van der Waals surface area (Å²) >= 11 is 0. The molecule has 1 fully saturated rings. The second kappa shape index (κ2) is 11.2. The van der Waals surface area contributed by atoms with Crippen LogP contribution in [0.5, 0.6) is 5.75 Å². The van der Waals surface area contributed by atoms with Gasteiger partial charge in [-0.3, -0.25) is 9.59 Å². The fraction of sp³-hybridized carbons (Fsp3) is 0.259. The lowest BCUT2D eigenvalue weighted by Crippen LogP contribution is -2.31. The van der Waals surface area contributed by atoms with Crippen LogP contribution < -0.4 is 20.3 Å². The molecule has 1 aliphatic heterocycles. The van der Waals surface area contributed by atoms with Crippen LogP contribution in [0.1, 0.15) is 35.2 Å². The first-order valence-electron chi connectivity index (χ1n) is 11.6. The van der Waals surface area contributed by atoms with E-state index in [4.69, 9.17) is 4.74 Å². The van der Waals surface area contributed by atoms with Gasteiger partial charge in [0.2, 0.25) is 0 Å². The van der Waals surface area contributed by atoms with Gasteiger partial charge in [0.1, 0.15) is 5.75 Å². The third-order valence-corrected chi connectivity index (χ3v) is 5.79. The normalized spacial score (nSPS) is 13.7. The fourth-order valence-electron chi connectivity index (χ4n) is 4.01. The molecule has 0 atom stereocenters. The van der Waals surface area contributed by atoms with E-state index in [0.717, 1.165) is 31.4 Å². The number of hydrogen-bond donors (Lipinski definition) is 2. The number of nitrogens with zero attached hydrogens (tertiary/aromatic N) is 1. The maximum Gasteiger partial charge on any atom is 0.416 e. The van der Waals surface area contributed by atoms with Crippen LogP contribution in [0.15, 0.2) is 72.8 Å². The van der Waals surface area contributed by atoms with Gasteiger partial charge in [0.25, 0.3) is 11.8 Å². The molecule has 36 heavy (non-hydrogen) atoms. The minimum absolute atomic E-state index is 0.101. The Morgan fingerprint density at radius 3 is 2.33 bits per heavy atom. The van der Waals surface area contributed by atoms with Gasteiger partial charge in [-0.2, -0.15) is 13.2 Å². The second-order valence-electron chi connectivity index (χ2n) is 8.46. The van der Waals surface area contributed by atoms with E-state index >= 15 is 0 Å². The molecule has 2 amide bonds. The first-order valence-corrected chi connectivity index (χ1v) is 11.6. The van der Waals surface area contributed by atoms with Crippen molar-refractivity contribution >= 4 is 28.9 Å². The van der Waals surface area contributed by atoms with Gasteiger partial charge in [0, 0.05) is 30.4 Å². The van der Waals surface area contributed by atoms with Gasteiger partial charge in [-0.05, 0) is 61.7 Å². The van der Waals surface area contributed by atoms with E-state index in [1.807, 2.05) is 11.0 Å². The lowest BCUT2D eigenvalue weighted by molar-refractivity contribution is -0.137. The first-order chi connectivity index (χ1) is 17.3. The monoisotopic (exact) mass is 497 g/mol. The van der Waals surface area contributed by atoms with Crippen molar-refractivity contribution in [3.05, 3.63) is 83.9 Å². The van der Waals surface area contributed by atoms with Crippen LogP contribution in [-0.2, 0) is 11.0 Å². The Balaban J connectivity index is 1.42. The summed E-state index contributed by atoms with van der Waals surface area (Å²) in [7, 11) is 0. The fourth-order valence-corrected chi connectivity index (χ4v) is 4.01. The maximum atomic E-state index is 13.3. The number of piperidine rings is 1. The third kappa shape index (κ3) is 6.56. The molecule has 4 rings (SSSR count). The summed E-state index contributed by atoms with van der Waals surface area (Å²) in [6.07, 6.45) is -1.58. The minimum atomic E-state index is -4.53. The smallest absolute Gasteiger partial charge is 0.416 e. The highest BCUT2D eigenvalue weighted by atomic mass is 19.4. The molecule has 1 heterocycles. The van der Waals surface area contributed by atoms with Gasteiger partial charge in [-0.1, -0.05) is 24.3 Å². The molecule has 0 spiro atoms. The summed E-state index contributed by atoms with van der Waals surface area (Å²) < 4.78 is 45.5. The molecule has 1 aliphatic rings. The summed E-state index contributed by atoms with van der Waals surface area (Å²) in [6, 6.07) is 18.6. The maximum absolute atomic E-state index is 13.3. The highest BCUT2D eigenvalue weighted by Gasteiger charge is 2.32. The summed E-state index contributed by atoms with van der Waals surface area (Å²) in [5.74, 6) is -0.553. The highest BCUT2D eigenvalue weighted by molar-refractivity contribution is 6.04. The lowest BCUT2D eigenvalue weighted by Gasteiger charge is -2.31. The Morgan fingerprint density at radius 2 is 1.61 bits per heavy atom. The SMILES string of the molecule is O=C(COc1cccc(NC(=O)c2ccccc2)c1)Nc1cc(C(F)(F)F)ccc1N1CCCCC1. The molecule has 188 valence electrons. The van der Waals surface area contributed by atoms with Crippen LogP contribution in [0.25, 0.3) is 0 Å². The number of nitrogens with one attached hydrogen (secondary N) is 2. The van der Waals surface area contributed by atoms with Crippen molar-refractivity contribution in [3.8, 4) is 5.75 Å². The van der Waals surface area contributed by atoms with E-state index in [1.165, 1.54) is 6.07 Å². The number of benzene rings is 3. The van der Waals surface area contributed by atoms with Crippen LogP contribution in [-0.4, -0.2) is 31.5 Å². The van der Waals surface area contributed by atoms with Crippen LogP contribution in [0.3, 0.4) is 0 Å². The predicted molar refractivity (Wildman–Crippen MR) is 132 cm³/mol. The van der Waals surface area contributed by atoms with Crippen LogP contribution in [0.4, 0.5) is 30.2 Å². The molecule has 2 N–H and O–H groups in total. The minimum Gasteiger partial charge on any atom is -0.484 e. The average molecular weight is 498 g/mol. The summed E-state index contributed by atoms with van der Waals surface area (Å²) in [5, 5.41) is 5.34. The zero-order valence-corrected chi connectivity index (χ0v) is 19.5. The summed E-state index contributed by atoms with van der Waals surface area (Å²) in [6.45, 7) is 1.02. The Labute approximate surface area is 207 Å². The molecule has 0 aromatic heterocycles. The molecule has 9 heteroatoms. The molecule has 0 bridgehead atoms. The van der Waals surface area contributed by atoms with E-state index in [-0.39, 0.29) is 11.6 Å². The van der Waals surface area contributed by atoms with Crippen LogP contribution in [0, 0.1) is 0 Å². The molecule has 0 unspecified atom stereocenters.